The Morgan fingerprint density at radius 3 is 2.53 bits per heavy atom. The van der Waals surface area contributed by atoms with E-state index in [2.05, 4.69) is 0 Å². The molecule has 5 nitrogen and oxygen atoms in total. The molecule has 1 aliphatic heterocycles. The Bertz CT molecular complexity index is 340. The Balaban J connectivity index is 2.83. The molecule has 0 aliphatic carbocycles. The highest BCUT2D eigenvalue weighted by Gasteiger charge is 2.43. The molecule has 110 valence electrons. The lowest BCUT2D eigenvalue weighted by Gasteiger charge is -2.41. The fourth-order valence-corrected chi connectivity index (χ4v) is 2.78. The summed E-state index contributed by atoms with van der Waals surface area (Å²) in [5.74, 6) is -0.832. The van der Waals surface area contributed by atoms with Crippen LogP contribution in [-0.2, 0) is 9.59 Å². The van der Waals surface area contributed by atoms with Crippen molar-refractivity contribution in [1.29, 1.82) is 0 Å². The number of nitrogens with two attached hydrogens (primary N) is 1. The zero-order valence-electron chi connectivity index (χ0n) is 12.2. The highest BCUT2D eigenvalue weighted by Crippen LogP contribution is 2.35. The zero-order chi connectivity index (χ0) is 14.6. The molecule has 1 heterocycles. The van der Waals surface area contributed by atoms with Crippen LogP contribution in [0.4, 0.5) is 0 Å². The minimum atomic E-state index is -0.787. The predicted molar refractivity (Wildman–Crippen MR) is 73.6 cm³/mol. The number of carboxylic acid groups (broad SMARTS) is 1. The van der Waals surface area contributed by atoms with Crippen LogP contribution in [0, 0.1) is 11.3 Å². The Morgan fingerprint density at radius 2 is 2.05 bits per heavy atom. The van der Waals surface area contributed by atoms with E-state index in [0.717, 1.165) is 12.8 Å². The third-order valence-electron chi connectivity index (χ3n) is 4.07. The summed E-state index contributed by atoms with van der Waals surface area (Å²) in [5, 5.41) is 9.50. The third-order valence-corrected chi connectivity index (χ3v) is 4.07. The topological polar surface area (TPSA) is 83.6 Å². The Hall–Kier alpha value is -1.10. The van der Waals surface area contributed by atoms with Crippen molar-refractivity contribution in [3.05, 3.63) is 0 Å². The van der Waals surface area contributed by atoms with Crippen molar-refractivity contribution in [2.75, 3.05) is 13.1 Å². The van der Waals surface area contributed by atoms with Crippen molar-refractivity contribution < 1.29 is 14.7 Å². The number of hydrogen-bond acceptors (Lipinski definition) is 3. The molecule has 0 spiro atoms. The van der Waals surface area contributed by atoms with E-state index < -0.39 is 17.4 Å². The van der Waals surface area contributed by atoms with Gasteiger partial charge in [0.25, 0.3) is 0 Å². The summed E-state index contributed by atoms with van der Waals surface area (Å²) >= 11 is 0. The van der Waals surface area contributed by atoms with E-state index >= 15 is 0 Å². The molecule has 1 rings (SSSR count). The number of hydrogen-bond donors (Lipinski definition) is 2. The molecule has 0 aromatic heterocycles. The summed E-state index contributed by atoms with van der Waals surface area (Å²) in [6.45, 7) is 6.71. The van der Waals surface area contributed by atoms with Gasteiger partial charge in [-0.05, 0) is 25.2 Å². The molecule has 0 aromatic rings. The quantitative estimate of drug-likeness (QED) is 0.792. The van der Waals surface area contributed by atoms with Gasteiger partial charge in [-0.1, -0.05) is 27.2 Å². The summed E-state index contributed by atoms with van der Waals surface area (Å²) in [5.41, 5.74) is 5.11. The first-order valence-corrected chi connectivity index (χ1v) is 7.12. The number of aliphatic carboxylic acids is 1. The van der Waals surface area contributed by atoms with E-state index in [1.807, 2.05) is 20.8 Å². The molecule has 3 N–H and O–H groups in total. The average molecular weight is 270 g/mol. The van der Waals surface area contributed by atoms with Crippen LogP contribution in [0.1, 0.15) is 46.5 Å². The van der Waals surface area contributed by atoms with Crippen LogP contribution in [0.25, 0.3) is 0 Å². The molecule has 1 aliphatic rings. The molecule has 1 saturated heterocycles. The third kappa shape index (κ3) is 3.47. The van der Waals surface area contributed by atoms with E-state index in [9.17, 15) is 14.7 Å². The second kappa shape index (κ2) is 6.37. The first-order valence-electron chi connectivity index (χ1n) is 7.12. The molecule has 2 atom stereocenters. The normalized spacial score (nSPS) is 25.4. The highest BCUT2D eigenvalue weighted by atomic mass is 16.4. The SMILES string of the molecule is CCCC1(C(=O)O)CCCN(C(=O)[C@H](N)C(C)C)C1. The zero-order valence-corrected chi connectivity index (χ0v) is 12.2. The van der Waals surface area contributed by atoms with Crippen molar-refractivity contribution in [3.63, 3.8) is 0 Å². The Labute approximate surface area is 115 Å². The van der Waals surface area contributed by atoms with Gasteiger partial charge in [-0.15, -0.1) is 0 Å². The van der Waals surface area contributed by atoms with Gasteiger partial charge in [0, 0.05) is 13.1 Å². The number of amides is 1. The maximum Gasteiger partial charge on any atom is 0.311 e. The Kier molecular flexibility index (Phi) is 5.35. The van der Waals surface area contributed by atoms with Crippen LogP contribution < -0.4 is 5.73 Å². The minimum Gasteiger partial charge on any atom is -0.481 e. The van der Waals surface area contributed by atoms with Crippen LogP contribution >= 0.6 is 0 Å². The van der Waals surface area contributed by atoms with Crippen LogP contribution in [-0.4, -0.2) is 41.0 Å². The second-order valence-electron chi connectivity index (χ2n) is 5.97. The standard InChI is InChI=1S/C14H26N2O3/c1-4-6-14(13(18)19)7-5-8-16(9-14)12(17)11(15)10(2)3/h10-11H,4-9,15H2,1-3H3,(H,18,19)/t11-,14?/m1/s1. The summed E-state index contributed by atoms with van der Waals surface area (Å²) in [4.78, 5) is 25.5. The predicted octanol–water partition coefficient (Wildman–Crippen LogP) is 1.46. The van der Waals surface area contributed by atoms with E-state index in [1.165, 1.54) is 0 Å². The van der Waals surface area contributed by atoms with Gasteiger partial charge in [0.2, 0.25) is 5.91 Å². The van der Waals surface area contributed by atoms with Gasteiger partial charge < -0.3 is 15.7 Å². The molecule has 0 saturated carbocycles. The van der Waals surface area contributed by atoms with Crippen LogP contribution in [0.2, 0.25) is 0 Å². The molecule has 0 aromatic carbocycles. The second-order valence-corrected chi connectivity index (χ2v) is 5.97. The van der Waals surface area contributed by atoms with Gasteiger partial charge in [-0.2, -0.15) is 0 Å². The smallest absolute Gasteiger partial charge is 0.311 e. The number of likely N-dealkylation sites (tertiary alicyclic amines) is 1. The summed E-state index contributed by atoms with van der Waals surface area (Å²) in [6.07, 6.45) is 2.81. The van der Waals surface area contributed by atoms with Gasteiger partial charge in [0.1, 0.15) is 0 Å². The first kappa shape index (κ1) is 16.0. The maximum atomic E-state index is 12.3. The number of piperidine rings is 1. The maximum absolute atomic E-state index is 12.3. The van der Waals surface area contributed by atoms with Gasteiger partial charge in [-0.25, -0.2) is 0 Å². The van der Waals surface area contributed by atoms with Gasteiger partial charge in [-0.3, -0.25) is 9.59 Å². The van der Waals surface area contributed by atoms with Crippen molar-refractivity contribution in [3.8, 4) is 0 Å². The molecule has 1 unspecified atom stereocenters. The van der Waals surface area contributed by atoms with Crippen molar-refractivity contribution in [2.24, 2.45) is 17.1 Å². The molecular weight excluding hydrogens is 244 g/mol. The fourth-order valence-electron chi connectivity index (χ4n) is 2.78. The lowest BCUT2D eigenvalue weighted by atomic mass is 9.76. The van der Waals surface area contributed by atoms with Crippen LogP contribution in [0.15, 0.2) is 0 Å². The number of carbonyl (C=O) groups excluding carboxylic acids is 1. The molecule has 19 heavy (non-hydrogen) atoms. The van der Waals surface area contributed by atoms with Crippen LogP contribution in [0.5, 0.6) is 0 Å². The van der Waals surface area contributed by atoms with E-state index in [1.54, 1.807) is 4.90 Å². The summed E-state index contributed by atoms with van der Waals surface area (Å²) in [7, 11) is 0. The summed E-state index contributed by atoms with van der Waals surface area (Å²) < 4.78 is 0. The van der Waals surface area contributed by atoms with E-state index in [4.69, 9.17) is 5.73 Å². The first-order chi connectivity index (χ1) is 8.84. The summed E-state index contributed by atoms with van der Waals surface area (Å²) in [6, 6.07) is -0.536. The van der Waals surface area contributed by atoms with Crippen molar-refractivity contribution in [1.82, 2.24) is 4.90 Å². The van der Waals surface area contributed by atoms with Gasteiger partial charge in [0.05, 0.1) is 11.5 Å². The monoisotopic (exact) mass is 270 g/mol. The van der Waals surface area contributed by atoms with Gasteiger partial charge >= 0.3 is 5.97 Å². The minimum absolute atomic E-state index is 0.0693. The number of nitrogens with zero attached hydrogens (tertiary/aromatic N) is 1. The average Bonchev–Trinajstić information content (AvgIpc) is 2.37. The lowest BCUT2D eigenvalue weighted by molar-refractivity contribution is -0.156. The van der Waals surface area contributed by atoms with E-state index in [0.29, 0.717) is 25.9 Å². The molecule has 1 fully saturated rings. The van der Waals surface area contributed by atoms with Crippen LogP contribution in [0.3, 0.4) is 0 Å². The molecule has 1 amide bonds. The fraction of sp³-hybridized carbons (Fsp3) is 0.857. The number of rotatable bonds is 5. The van der Waals surface area contributed by atoms with Crippen molar-refractivity contribution >= 4 is 11.9 Å². The lowest BCUT2D eigenvalue weighted by Crippen LogP contribution is -2.54. The van der Waals surface area contributed by atoms with Crippen molar-refractivity contribution in [2.45, 2.75) is 52.5 Å². The van der Waals surface area contributed by atoms with Gasteiger partial charge in [0.15, 0.2) is 0 Å². The number of carbonyl (C=O) groups is 2. The molecule has 0 radical (unpaired) electrons. The highest BCUT2D eigenvalue weighted by molar-refractivity contribution is 5.83. The molecular formula is C14H26N2O3. The Morgan fingerprint density at radius 1 is 1.42 bits per heavy atom. The molecule has 5 heteroatoms. The molecule has 0 bridgehead atoms. The largest absolute Gasteiger partial charge is 0.481 e. The van der Waals surface area contributed by atoms with E-state index in [-0.39, 0.29) is 11.8 Å². The number of carboxylic acids is 1.